The van der Waals surface area contributed by atoms with Crippen molar-refractivity contribution >= 4 is 7.92 Å². The first-order valence-electron chi connectivity index (χ1n) is 9.50. The van der Waals surface area contributed by atoms with Crippen LogP contribution in [-0.2, 0) is 0 Å². The highest BCUT2D eigenvalue weighted by molar-refractivity contribution is 7.59. The van der Waals surface area contributed by atoms with Crippen LogP contribution in [0.4, 0.5) is 0 Å². The minimum Gasteiger partial charge on any atom is -0.100 e. The van der Waals surface area contributed by atoms with Gasteiger partial charge in [-0.25, -0.2) is 0 Å². The number of rotatable bonds is 14. The maximum atomic E-state index is 2.44. The molecule has 0 aliphatic carbocycles. The SMILES string of the molecule is CCCCCC(CC)P(CCC)C(CC)CCCCC. The van der Waals surface area contributed by atoms with Crippen molar-refractivity contribution in [2.24, 2.45) is 0 Å². The molecule has 0 fully saturated rings. The summed E-state index contributed by atoms with van der Waals surface area (Å²) in [6.07, 6.45) is 17.4. The van der Waals surface area contributed by atoms with E-state index < -0.39 is 0 Å². The largest absolute Gasteiger partial charge is 0.100 e. The third-order valence-electron chi connectivity index (χ3n) is 4.64. The van der Waals surface area contributed by atoms with Gasteiger partial charge in [-0.05, 0) is 43.2 Å². The molecule has 122 valence electrons. The Balaban J connectivity index is 4.49. The third-order valence-corrected chi connectivity index (χ3v) is 8.73. The second-order valence-corrected chi connectivity index (χ2v) is 9.29. The van der Waals surface area contributed by atoms with Crippen molar-refractivity contribution in [1.82, 2.24) is 0 Å². The molecule has 0 bridgehead atoms. The van der Waals surface area contributed by atoms with Crippen molar-refractivity contribution < 1.29 is 0 Å². The van der Waals surface area contributed by atoms with Crippen molar-refractivity contribution in [2.75, 3.05) is 6.16 Å². The molecule has 0 aromatic heterocycles. The summed E-state index contributed by atoms with van der Waals surface area (Å²) in [5, 5.41) is 0. The Hall–Kier alpha value is 0.430. The Morgan fingerprint density at radius 3 is 1.35 bits per heavy atom. The van der Waals surface area contributed by atoms with Gasteiger partial charge < -0.3 is 0 Å². The van der Waals surface area contributed by atoms with Gasteiger partial charge in [0.1, 0.15) is 0 Å². The van der Waals surface area contributed by atoms with E-state index in [-0.39, 0.29) is 7.92 Å². The zero-order valence-corrected chi connectivity index (χ0v) is 16.0. The van der Waals surface area contributed by atoms with Gasteiger partial charge in [0.05, 0.1) is 0 Å². The smallest absolute Gasteiger partial charge is 0.0209 e. The van der Waals surface area contributed by atoms with E-state index in [0.29, 0.717) is 0 Å². The van der Waals surface area contributed by atoms with Gasteiger partial charge in [0.2, 0.25) is 0 Å². The molecule has 0 rings (SSSR count). The normalized spacial score (nSPS) is 16.1. The van der Waals surface area contributed by atoms with Crippen LogP contribution in [0.1, 0.15) is 105 Å². The fraction of sp³-hybridized carbons (Fsp3) is 1.00. The quantitative estimate of drug-likeness (QED) is 0.229. The van der Waals surface area contributed by atoms with E-state index in [2.05, 4.69) is 34.6 Å². The predicted octanol–water partition coefficient (Wildman–Crippen LogP) is 7.60. The van der Waals surface area contributed by atoms with Gasteiger partial charge in [-0.1, -0.05) is 79.6 Å². The van der Waals surface area contributed by atoms with Crippen LogP contribution in [0.5, 0.6) is 0 Å². The molecular formula is C19H41P. The van der Waals surface area contributed by atoms with Gasteiger partial charge in [-0.3, -0.25) is 0 Å². The molecule has 1 heteroatoms. The molecule has 0 saturated carbocycles. The van der Waals surface area contributed by atoms with Crippen LogP contribution in [0.2, 0.25) is 0 Å². The van der Waals surface area contributed by atoms with E-state index in [1.807, 2.05) is 0 Å². The highest BCUT2D eigenvalue weighted by Crippen LogP contribution is 2.52. The lowest BCUT2D eigenvalue weighted by atomic mass is 10.1. The summed E-state index contributed by atoms with van der Waals surface area (Å²) >= 11 is 0. The second kappa shape index (κ2) is 14.4. The van der Waals surface area contributed by atoms with Gasteiger partial charge in [0.25, 0.3) is 0 Å². The molecule has 0 nitrogen and oxygen atoms in total. The van der Waals surface area contributed by atoms with E-state index in [0.717, 1.165) is 11.3 Å². The molecule has 20 heavy (non-hydrogen) atoms. The summed E-state index contributed by atoms with van der Waals surface area (Å²) in [5.74, 6) is 0. The summed E-state index contributed by atoms with van der Waals surface area (Å²) in [5.41, 5.74) is 2.12. The average Bonchev–Trinajstić information content (AvgIpc) is 2.47. The molecule has 0 spiro atoms. The minimum absolute atomic E-state index is 0.279. The second-order valence-electron chi connectivity index (χ2n) is 6.35. The fourth-order valence-corrected chi connectivity index (χ4v) is 7.20. The zero-order valence-electron chi connectivity index (χ0n) is 15.1. The Kier molecular flexibility index (Phi) is 14.7. The lowest BCUT2D eigenvalue weighted by Crippen LogP contribution is -2.17. The number of hydrogen-bond donors (Lipinski definition) is 0. The van der Waals surface area contributed by atoms with Crippen molar-refractivity contribution in [1.29, 1.82) is 0 Å². The van der Waals surface area contributed by atoms with E-state index in [1.54, 1.807) is 0 Å². The van der Waals surface area contributed by atoms with Crippen LogP contribution >= 0.6 is 7.92 Å². The summed E-state index contributed by atoms with van der Waals surface area (Å²) in [6.45, 7) is 11.9. The monoisotopic (exact) mass is 300 g/mol. The molecule has 0 aromatic carbocycles. The minimum atomic E-state index is 0.279. The molecule has 0 heterocycles. The number of unbranched alkanes of at least 4 members (excludes halogenated alkanes) is 4. The van der Waals surface area contributed by atoms with Crippen LogP contribution < -0.4 is 0 Å². The van der Waals surface area contributed by atoms with Crippen LogP contribution in [0.25, 0.3) is 0 Å². The molecule has 0 saturated heterocycles. The number of hydrogen-bond acceptors (Lipinski definition) is 0. The van der Waals surface area contributed by atoms with Crippen LogP contribution in [0.3, 0.4) is 0 Å². The molecule has 0 amide bonds. The summed E-state index contributed by atoms with van der Waals surface area (Å²) in [7, 11) is 0.279. The summed E-state index contributed by atoms with van der Waals surface area (Å²) < 4.78 is 0. The molecule has 2 unspecified atom stereocenters. The molecule has 0 aromatic rings. The van der Waals surface area contributed by atoms with Crippen LogP contribution in [0, 0.1) is 0 Å². The Morgan fingerprint density at radius 2 is 1.05 bits per heavy atom. The standard InChI is InChI=1S/C19H41P/c1-6-11-13-15-18(9-4)20(17-8-3)19(10-5)16-14-12-7-2/h18-19H,6-17H2,1-5H3. The highest BCUT2D eigenvalue weighted by atomic mass is 31.1. The molecule has 0 aliphatic rings. The first-order valence-corrected chi connectivity index (χ1v) is 11.2. The Morgan fingerprint density at radius 1 is 0.600 bits per heavy atom. The summed E-state index contributed by atoms with van der Waals surface area (Å²) in [4.78, 5) is 0. The highest BCUT2D eigenvalue weighted by Gasteiger charge is 2.25. The lowest BCUT2D eigenvalue weighted by molar-refractivity contribution is 0.601. The fourth-order valence-electron chi connectivity index (χ4n) is 3.39. The van der Waals surface area contributed by atoms with Crippen molar-refractivity contribution in [3.63, 3.8) is 0 Å². The van der Waals surface area contributed by atoms with Gasteiger partial charge in [0.15, 0.2) is 0 Å². The van der Waals surface area contributed by atoms with Crippen LogP contribution in [0.15, 0.2) is 0 Å². The van der Waals surface area contributed by atoms with Gasteiger partial charge in [-0.15, -0.1) is 7.92 Å². The maximum Gasteiger partial charge on any atom is -0.0209 e. The van der Waals surface area contributed by atoms with Crippen molar-refractivity contribution in [2.45, 2.75) is 117 Å². The summed E-state index contributed by atoms with van der Waals surface area (Å²) in [6, 6.07) is 0. The molecule has 0 radical (unpaired) electrons. The van der Waals surface area contributed by atoms with Crippen molar-refractivity contribution in [3.05, 3.63) is 0 Å². The molecule has 0 aliphatic heterocycles. The van der Waals surface area contributed by atoms with E-state index in [1.165, 1.54) is 76.8 Å². The average molecular weight is 301 g/mol. The van der Waals surface area contributed by atoms with Gasteiger partial charge >= 0.3 is 0 Å². The van der Waals surface area contributed by atoms with Crippen LogP contribution in [-0.4, -0.2) is 17.5 Å². The first kappa shape index (κ1) is 20.4. The topological polar surface area (TPSA) is 0 Å². The van der Waals surface area contributed by atoms with E-state index >= 15 is 0 Å². The third kappa shape index (κ3) is 8.66. The molecular weight excluding hydrogens is 259 g/mol. The Labute approximate surface area is 131 Å². The zero-order chi connectivity index (χ0) is 15.2. The molecule has 2 atom stereocenters. The van der Waals surface area contributed by atoms with Crippen molar-refractivity contribution in [3.8, 4) is 0 Å². The molecule has 0 N–H and O–H groups in total. The first-order chi connectivity index (χ1) is 9.74. The van der Waals surface area contributed by atoms with E-state index in [4.69, 9.17) is 0 Å². The predicted molar refractivity (Wildman–Crippen MR) is 98.5 cm³/mol. The lowest BCUT2D eigenvalue weighted by Gasteiger charge is -2.34. The van der Waals surface area contributed by atoms with Gasteiger partial charge in [0, 0.05) is 0 Å². The maximum absolute atomic E-state index is 2.44. The van der Waals surface area contributed by atoms with Gasteiger partial charge in [-0.2, -0.15) is 0 Å². The Bertz CT molecular complexity index is 172. The van der Waals surface area contributed by atoms with E-state index in [9.17, 15) is 0 Å².